The Kier molecular flexibility index (Phi) is 4.32. The molecule has 1 aromatic carbocycles. The molecule has 0 saturated carbocycles. The van der Waals surface area contributed by atoms with E-state index in [-0.39, 0.29) is 10.5 Å². The van der Waals surface area contributed by atoms with Crippen LogP contribution in [0.25, 0.3) is 5.76 Å². The third kappa shape index (κ3) is 3.46. The van der Waals surface area contributed by atoms with Gasteiger partial charge in [0.1, 0.15) is 11.6 Å². The topological polar surface area (TPSA) is 114 Å². The number of ketones is 1. The molecule has 1 aromatic heterocycles. The average molecular weight is 339 g/mol. The van der Waals surface area contributed by atoms with Gasteiger partial charge >= 0.3 is 5.97 Å². The minimum atomic E-state index is -4.00. The maximum Gasteiger partial charge on any atom is 0.376 e. The second-order valence-electron chi connectivity index (χ2n) is 4.39. The third-order valence-corrected chi connectivity index (χ3v) is 4.48. The zero-order valence-corrected chi connectivity index (χ0v) is 12.2. The number of carbonyl (C=O) groups is 2. The summed E-state index contributed by atoms with van der Waals surface area (Å²) >= 11 is 0. The van der Waals surface area contributed by atoms with Crippen LogP contribution in [0, 0.1) is 5.82 Å². The van der Waals surface area contributed by atoms with Gasteiger partial charge in [0.15, 0.2) is 0 Å². The van der Waals surface area contributed by atoms with E-state index in [1.807, 2.05) is 0 Å². The predicted molar refractivity (Wildman–Crippen MR) is 76.7 cm³/mol. The van der Waals surface area contributed by atoms with Crippen molar-refractivity contribution < 1.29 is 32.6 Å². The molecular weight excluding hydrogens is 329 g/mol. The Bertz CT molecular complexity index is 896. The third-order valence-electron chi connectivity index (χ3n) is 2.83. The van der Waals surface area contributed by atoms with Crippen LogP contribution in [0.15, 0.2) is 53.7 Å². The van der Waals surface area contributed by atoms with Gasteiger partial charge in [0.2, 0.25) is 0 Å². The lowest BCUT2D eigenvalue weighted by Crippen LogP contribution is -2.11. The van der Waals surface area contributed by atoms with Crippen LogP contribution in [0.4, 0.5) is 4.39 Å². The molecule has 0 aliphatic carbocycles. The Morgan fingerprint density at radius 3 is 2.26 bits per heavy atom. The van der Waals surface area contributed by atoms with Crippen molar-refractivity contribution in [2.24, 2.45) is 0 Å². The van der Waals surface area contributed by atoms with Crippen LogP contribution in [-0.2, 0) is 19.6 Å². The molecule has 0 spiro atoms. The van der Waals surface area contributed by atoms with Gasteiger partial charge in [-0.2, -0.15) is 0 Å². The number of hydrogen-bond donors (Lipinski definition) is 2. The van der Waals surface area contributed by atoms with Gasteiger partial charge in [-0.25, -0.2) is 21.6 Å². The van der Waals surface area contributed by atoms with Crippen LogP contribution < -0.4 is 0 Å². The number of aliphatic hydroxyl groups excluding tert-OH is 1. The van der Waals surface area contributed by atoms with E-state index in [1.165, 1.54) is 6.07 Å². The van der Waals surface area contributed by atoms with E-state index in [4.69, 9.17) is 5.11 Å². The lowest BCUT2D eigenvalue weighted by atomic mass is 10.2. The SMILES string of the molecule is O=C(O)C(=O)C=C(O)c1ccn(S(=O)(=O)c2ccc(F)cc2)c1. The Hall–Kier alpha value is -2.94. The molecule has 0 saturated heterocycles. The highest BCUT2D eigenvalue weighted by atomic mass is 32.2. The first kappa shape index (κ1) is 16.4. The minimum Gasteiger partial charge on any atom is -0.507 e. The fourth-order valence-corrected chi connectivity index (χ4v) is 2.87. The second-order valence-corrected chi connectivity index (χ2v) is 6.23. The molecule has 120 valence electrons. The number of aliphatic hydroxyl groups is 1. The Morgan fingerprint density at radius 2 is 1.70 bits per heavy atom. The van der Waals surface area contributed by atoms with Crippen molar-refractivity contribution in [1.82, 2.24) is 3.97 Å². The molecule has 7 nitrogen and oxygen atoms in total. The molecule has 0 atom stereocenters. The summed E-state index contributed by atoms with van der Waals surface area (Å²) in [5.74, 6) is -4.39. The van der Waals surface area contributed by atoms with Gasteiger partial charge < -0.3 is 10.2 Å². The molecule has 0 fully saturated rings. The molecule has 0 bridgehead atoms. The molecule has 2 rings (SSSR count). The van der Waals surface area contributed by atoms with Gasteiger partial charge in [0.25, 0.3) is 15.8 Å². The summed E-state index contributed by atoms with van der Waals surface area (Å²) in [6.07, 6.45) is 2.56. The van der Waals surface area contributed by atoms with Crippen LogP contribution in [-0.4, -0.2) is 34.4 Å². The van der Waals surface area contributed by atoms with Crippen LogP contribution in [0.3, 0.4) is 0 Å². The van der Waals surface area contributed by atoms with E-state index in [0.717, 1.165) is 40.6 Å². The predicted octanol–water partition coefficient (Wildman–Crippen LogP) is 1.42. The first-order valence-electron chi connectivity index (χ1n) is 6.09. The number of aliphatic carboxylic acids is 1. The molecule has 0 aliphatic rings. The fourth-order valence-electron chi connectivity index (χ4n) is 1.68. The number of rotatable bonds is 5. The first-order valence-corrected chi connectivity index (χ1v) is 7.53. The van der Waals surface area contributed by atoms with Gasteiger partial charge in [0, 0.05) is 24.0 Å². The summed E-state index contributed by atoms with van der Waals surface area (Å²) in [4.78, 5) is 21.2. The zero-order valence-electron chi connectivity index (χ0n) is 11.4. The normalized spacial score (nSPS) is 12.1. The molecule has 0 amide bonds. The molecule has 1 heterocycles. The minimum absolute atomic E-state index is 0.0645. The maximum absolute atomic E-state index is 12.9. The van der Waals surface area contributed by atoms with E-state index >= 15 is 0 Å². The number of carbonyl (C=O) groups excluding carboxylic acids is 1. The molecule has 9 heteroatoms. The number of aromatic nitrogens is 1. The summed E-state index contributed by atoms with van der Waals surface area (Å²) in [5, 5.41) is 18.1. The van der Waals surface area contributed by atoms with Crippen LogP contribution in [0.1, 0.15) is 5.56 Å². The van der Waals surface area contributed by atoms with Crippen molar-refractivity contribution in [3.05, 3.63) is 60.2 Å². The smallest absolute Gasteiger partial charge is 0.376 e. The van der Waals surface area contributed by atoms with E-state index in [9.17, 15) is 27.5 Å². The van der Waals surface area contributed by atoms with Gasteiger partial charge in [-0.1, -0.05) is 0 Å². The number of nitrogens with zero attached hydrogens (tertiary/aromatic N) is 1. The van der Waals surface area contributed by atoms with E-state index in [1.54, 1.807) is 0 Å². The van der Waals surface area contributed by atoms with Crippen molar-refractivity contribution in [1.29, 1.82) is 0 Å². The van der Waals surface area contributed by atoms with Crippen molar-refractivity contribution in [3.63, 3.8) is 0 Å². The number of halogens is 1. The lowest BCUT2D eigenvalue weighted by molar-refractivity contribution is -0.146. The number of benzene rings is 1. The highest BCUT2D eigenvalue weighted by Crippen LogP contribution is 2.18. The molecule has 2 aromatic rings. The Balaban J connectivity index is 2.37. The zero-order chi connectivity index (χ0) is 17.2. The molecule has 2 N–H and O–H groups in total. The van der Waals surface area contributed by atoms with Crippen LogP contribution in [0.2, 0.25) is 0 Å². The molecule has 0 unspecified atom stereocenters. The highest BCUT2D eigenvalue weighted by Gasteiger charge is 2.18. The van der Waals surface area contributed by atoms with Gasteiger partial charge in [-0.3, -0.25) is 4.79 Å². The fraction of sp³-hybridized carbons (Fsp3) is 0. The summed E-state index contributed by atoms with van der Waals surface area (Å²) in [5.41, 5.74) is -0.0645. The van der Waals surface area contributed by atoms with Crippen molar-refractivity contribution in [2.45, 2.75) is 4.90 Å². The molecule has 0 radical (unpaired) electrons. The first-order chi connectivity index (χ1) is 10.7. The van der Waals surface area contributed by atoms with Crippen LogP contribution >= 0.6 is 0 Å². The van der Waals surface area contributed by atoms with E-state index in [0.29, 0.717) is 6.08 Å². The number of carboxylic acids is 1. The Morgan fingerprint density at radius 1 is 1.09 bits per heavy atom. The van der Waals surface area contributed by atoms with Gasteiger partial charge in [-0.05, 0) is 30.3 Å². The standard InChI is InChI=1S/C14H10FNO6S/c15-10-1-3-11(4-2-10)23(21,22)16-6-5-9(8-16)12(17)7-13(18)14(19)20/h1-8,17H,(H,19,20). The average Bonchev–Trinajstić information content (AvgIpc) is 2.98. The maximum atomic E-state index is 12.9. The summed E-state index contributed by atoms with van der Waals surface area (Å²) in [7, 11) is -4.00. The molecular formula is C14H10FNO6S. The van der Waals surface area contributed by atoms with E-state index < -0.39 is 33.4 Å². The monoisotopic (exact) mass is 339 g/mol. The molecule has 23 heavy (non-hydrogen) atoms. The largest absolute Gasteiger partial charge is 0.507 e. The number of hydrogen-bond acceptors (Lipinski definition) is 5. The van der Waals surface area contributed by atoms with Crippen molar-refractivity contribution >= 4 is 27.5 Å². The van der Waals surface area contributed by atoms with Gasteiger partial charge in [0.05, 0.1) is 4.90 Å². The van der Waals surface area contributed by atoms with E-state index in [2.05, 4.69) is 0 Å². The quantitative estimate of drug-likeness (QED) is 0.484. The summed E-state index contributed by atoms with van der Waals surface area (Å²) < 4.78 is 38.2. The number of carboxylic acid groups (broad SMARTS) is 1. The lowest BCUT2D eigenvalue weighted by Gasteiger charge is -2.05. The molecule has 0 aliphatic heterocycles. The summed E-state index contributed by atoms with van der Waals surface area (Å²) in [6.45, 7) is 0. The van der Waals surface area contributed by atoms with Crippen LogP contribution in [0.5, 0.6) is 0 Å². The summed E-state index contributed by atoms with van der Waals surface area (Å²) in [6, 6.07) is 5.31. The van der Waals surface area contributed by atoms with Gasteiger partial charge in [-0.15, -0.1) is 0 Å². The second kappa shape index (κ2) is 6.05. The highest BCUT2D eigenvalue weighted by molar-refractivity contribution is 7.90. The van der Waals surface area contributed by atoms with Crippen molar-refractivity contribution in [3.8, 4) is 0 Å². The Labute approximate surface area is 130 Å². The van der Waals surface area contributed by atoms with Crippen molar-refractivity contribution in [2.75, 3.05) is 0 Å².